The fraction of sp³-hybridized carbons (Fsp3) is 0.444. The Kier molecular flexibility index (Phi) is 2.76. The monoisotopic (exact) mass is 204 g/mol. The number of ether oxygens (including phenoxy) is 1. The minimum atomic E-state index is -1.95. The SMILES string of the molecule is COC1=CC(F)(C(C)=O)CC=C1Cl. The van der Waals surface area contributed by atoms with Gasteiger partial charge in [0, 0.05) is 12.5 Å². The molecule has 0 bridgehead atoms. The molecule has 0 aliphatic heterocycles. The molecule has 0 amide bonds. The highest BCUT2D eigenvalue weighted by atomic mass is 35.5. The molecule has 0 aromatic rings. The summed E-state index contributed by atoms with van der Waals surface area (Å²) in [6.07, 6.45) is 2.55. The van der Waals surface area contributed by atoms with E-state index < -0.39 is 11.5 Å². The Hall–Kier alpha value is -0.830. The quantitative estimate of drug-likeness (QED) is 0.690. The molecule has 0 spiro atoms. The van der Waals surface area contributed by atoms with Crippen molar-refractivity contribution in [3.63, 3.8) is 0 Å². The number of ketones is 1. The normalized spacial score (nSPS) is 27.7. The maximum Gasteiger partial charge on any atom is 0.193 e. The zero-order valence-corrected chi connectivity index (χ0v) is 8.19. The fourth-order valence-corrected chi connectivity index (χ4v) is 1.29. The van der Waals surface area contributed by atoms with Gasteiger partial charge in [-0.2, -0.15) is 0 Å². The molecule has 0 fully saturated rings. The van der Waals surface area contributed by atoms with Crippen LogP contribution in [0.4, 0.5) is 4.39 Å². The number of alkyl halides is 1. The van der Waals surface area contributed by atoms with E-state index in [1.807, 2.05) is 0 Å². The van der Waals surface area contributed by atoms with Crippen molar-refractivity contribution in [3.05, 3.63) is 22.9 Å². The minimum absolute atomic E-state index is 0.0198. The van der Waals surface area contributed by atoms with E-state index in [0.717, 1.165) is 6.08 Å². The summed E-state index contributed by atoms with van der Waals surface area (Å²) in [7, 11) is 1.38. The average Bonchev–Trinajstić information content (AvgIpc) is 2.09. The molecule has 0 saturated carbocycles. The smallest absolute Gasteiger partial charge is 0.193 e. The van der Waals surface area contributed by atoms with Crippen LogP contribution in [0.5, 0.6) is 0 Å². The van der Waals surface area contributed by atoms with Gasteiger partial charge in [-0.1, -0.05) is 17.7 Å². The molecule has 2 nitrogen and oxygen atoms in total. The third-order valence-electron chi connectivity index (χ3n) is 1.98. The highest BCUT2D eigenvalue weighted by molar-refractivity contribution is 6.31. The van der Waals surface area contributed by atoms with Gasteiger partial charge in [0.1, 0.15) is 5.76 Å². The Morgan fingerprint density at radius 1 is 1.77 bits per heavy atom. The van der Waals surface area contributed by atoms with E-state index in [0.29, 0.717) is 5.03 Å². The lowest BCUT2D eigenvalue weighted by molar-refractivity contribution is -0.125. The molecule has 1 rings (SSSR count). The van der Waals surface area contributed by atoms with E-state index in [1.165, 1.54) is 20.1 Å². The van der Waals surface area contributed by atoms with E-state index in [2.05, 4.69) is 0 Å². The molecule has 72 valence electrons. The molecule has 1 unspecified atom stereocenters. The topological polar surface area (TPSA) is 26.3 Å². The number of allylic oxidation sites excluding steroid dienone is 3. The van der Waals surface area contributed by atoms with Gasteiger partial charge in [-0.25, -0.2) is 4.39 Å². The van der Waals surface area contributed by atoms with Gasteiger partial charge in [0.25, 0.3) is 0 Å². The molecule has 1 aliphatic rings. The van der Waals surface area contributed by atoms with Crippen LogP contribution in [-0.2, 0) is 9.53 Å². The van der Waals surface area contributed by atoms with Crippen molar-refractivity contribution in [1.29, 1.82) is 0 Å². The zero-order valence-electron chi connectivity index (χ0n) is 7.43. The van der Waals surface area contributed by atoms with Gasteiger partial charge >= 0.3 is 0 Å². The van der Waals surface area contributed by atoms with Gasteiger partial charge in [-0.15, -0.1) is 0 Å². The van der Waals surface area contributed by atoms with Crippen LogP contribution < -0.4 is 0 Å². The van der Waals surface area contributed by atoms with E-state index in [9.17, 15) is 9.18 Å². The lowest BCUT2D eigenvalue weighted by Gasteiger charge is -2.22. The first kappa shape index (κ1) is 10.3. The first-order valence-electron chi connectivity index (χ1n) is 3.82. The first-order chi connectivity index (χ1) is 5.99. The number of methoxy groups -OCH3 is 1. The van der Waals surface area contributed by atoms with Crippen molar-refractivity contribution < 1.29 is 13.9 Å². The third-order valence-corrected chi connectivity index (χ3v) is 2.32. The first-order valence-corrected chi connectivity index (χ1v) is 4.20. The molecule has 1 aliphatic carbocycles. The van der Waals surface area contributed by atoms with Crippen molar-refractivity contribution in [2.24, 2.45) is 0 Å². The van der Waals surface area contributed by atoms with E-state index in [4.69, 9.17) is 16.3 Å². The summed E-state index contributed by atoms with van der Waals surface area (Å²) in [5, 5.41) is 0.344. The van der Waals surface area contributed by atoms with Crippen LogP contribution >= 0.6 is 11.6 Å². The predicted molar refractivity (Wildman–Crippen MR) is 48.2 cm³/mol. The summed E-state index contributed by atoms with van der Waals surface area (Å²) < 4.78 is 18.5. The van der Waals surface area contributed by atoms with Crippen LogP contribution in [0, 0.1) is 0 Å². The summed E-state index contributed by atoms with van der Waals surface area (Å²) >= 11 is 5.70. The van der Waals surface area contributed by atoms with Crippen LogP contribution in [0.25, 0.3) is 0 Å². The van der Waals surface area contributed by atoms with Crippen LogP contribution in [0.15, 0.2) is 22.9 Å². The Labute approximate surface area is 81.0 Å². The number of halogens is 2. The van der Waals surface area contributed by atoms with Gasteiger partial charge in [0.05, 0.1) is 12.1 Å². The van der Waals surface area contributed by atoms with Crippen LogP contribution in [0.2, 0.25) is 0 Å². The number of rotatable bonds is 2. The summed E-state index contributed by atoms with van der Waals surface area (Å²) in [4.78, 5) is 10.9. The second-order valence-electron chi connectivity index (χ2n) is 2.89. The van der Waals surface area contributed by atoms with Crippen molar-refractivity contribution in [3.8, 4) is 0 Å². The van der Waals surface area contributed by atoms with Crippen molar-refractivity contribution in [2.45, 2.75) is 19.0 Å². The molecule has 0 heterocycles. The zero-order chi connectivity index (χ0) is 10.1. The number of carbonyl (C=O) groups excluding carboxylic acids is 1. The molecular formula is C9H10ClFO2. The maximum absolute atomic E-state index is 13.7. The van der Waals surface area contributed by atoms with Gasteiger partial charge in [0.2, 0.25) is 0 Å². The largest absolute Gasteiger partial charge is 0.495 e. The highest BCUT2D eigenvalue weighted by Crippen LogP contribution is 2.32. The molecule has 13 heavy (non-hydrogen) atoms. The summed E-state index contributed by atoms with van der Waals surface area (Å²) in [6, 6.07) is 0. The maximum atomic E-state index is 13.7. The molecule has 0 aromatic carbocycles. The summed E-state index contributed by atoms with van der Waals surface area (Å²) in [6.45, 7) is 1.21. The molecule has 0 N–H and O–H groups in total. The molecule has 0 saturated heterocycles. The van der Waals surface area contributed by atoms with Crippen molar-refractivity contribution in [2.75, 3.05) is 7.11 Å². The Morgan fingerprint density at radius 2 is 2.38 bits per heavy atom. The molecular weight excluding hydrogens is 195 g/mol. The van der Waals surface area contributed by atoms with Gasteiger partial charge < -0.3 is 4.74 Å². The Bertz CT molecular complexity index is 296. The minimum Gasteiger partial charge on any atom is -0.495 e. The standard InChI is InChI=1S/C9H10ClFO2/c1-6(12)9(11)4-3-7(10)8(5-9)13-2/h3,5H,4H2,1-2H3. The lowest BCUT2D eigenvalue weighted by Crippen LogP contribution is -2.31. The predicted octanol–water partition coefficient (Wildman–Crippen LogP) is 2.34. The van der Waals surface area contributed by atoms with Gasteiger partial charge in [-0.05, 0) is 6.92 Å². The van der Waals surface area contributed by atoms with E-state index >= 15 is 0 Å². The Morgan fingerprint density at radius 3 is 2.85 bits per heavy atom. The highest BCUT2D eigenvalue weighted by Gasteiger charge is 2.35. The fourth-order valence-electron chi connectivity index (χ4n) is 1.08. The van der Waals surface area contributed by atoms with E-state index in [1.54, 1.807) is 0 Å². The van der Waals surface area contributed by atoms with E-state index in [-0.39, 0.29) is 12.2 Å². The van der Waals surface area contributed by atoms with Gasteiger partial charge in [0.15, 0.2) is 11.5 Å². The third kappa shape index (κ3) is 1.91. The lowest BCUT2D eigenvalue weighted by atomic mass is 9.93. The average molecular weight is 205 g/mol. The number of Topliss-reactive ketones (excluding diaryl/α,β-unsaturated/α-hetero) is 1. The molecule has 1 atom stereocenters. The van der Waals surface area contributed by atoms with Crippen LogP contribution in [-0.4, -0.2) is 18.6 Å². The second-order valence-corrected chi connectivity index (χ2v) is 3.29. The molecule has 4 heteroatoms. The van der Waals surface area contributed by atoms with Gasteiger partial charge in [-0.3, -0.25) is 4.79 Å². The molecule has 0 radical (unpaired) electrons. The van der Waals surface area contributed by atoms with Crippen molar-refractivity contribution in [1.82, 2.24) is 0 Å². The summed E-state index contributed by atoms with van der Waals surface area (Å²) in [5.41, 5.74) is -1.95. The van der Waals surface area contributed by atoms with Crippen LogP contribution in [0.3, 0.4) is 0 Å². The Balaban J connectivity index is 3.00. The van der Waals surface area contributed by atoms with Crippen molar-refractivity contribution >= 4 is 17.4 Å². The van der Waals surface area contributed by atoms with Crippen LogP contribution in [0.1, 0.15) is 13.3 Å². The molecule has 0 aromatic heterocycles. The number of hydrogen-bond acceptors (Lipinski definition) is 2. The second kappa shape index (κ2) is 3.50. The summed E-state index contributed by atoms with van der Waals surface area (Å²) in [5.74, 6) is -0.326. The number of hydrogen-bond donors (Lipinski definition) is 0. The number of carbonyl (C=O) groups is 1.